The summed E-state index contributed by atoms with van der Waals surface area (Å²) < 4.78 is 15.2. The molecule has 0 aliphatic carbocycles. The lowest BCUT2D eigenvalue weighted by Crippen LogP contribution is -1.95. The van der Waals surface area contributed by atoms with Crippen molar-refractivity contribution < 1.29 is 4.39 Å². The molecule has 1 heterocycles. The van der Waals surface area contributed by atoms with E-state index in [1.54, 1.807) is 12.1 Å². The predicted molar refractivity (Wildman–Crippen MR) is 64.5 cm³/mol. The molecule has 0 radical (unpaired) electrons. The fourth-order valence-corrected chi connectivity index (χ4v) is 1.79. The summed E-state index contributed by atoms with van der Waals surface area (Å²) in [5, 5.41) is 11.0. The summed E-state index contributed by atoms with van der Waals surface area (Å²) in [4.78, 5) is 0. The Bertz CT molecular complexity index is 664. The summed E-state index contributed by atoms with van der Waals surface area (Å²) in [5.74, 6) is -0.244. The van der Waals surface area contributed by atoms with Gasteiger partial charge in [-0.3, -0.25) is 0 Å². The van der Waals surface area contributed by atoms with Crippen LogP contribution >= 0.6 is 0 Å². The van der Waals surface area contributed by atoms with Crippen molar-refractivity contribution in [2.45, 2.75) is 0 Å². The number of rotatable bonds is 2. The highest BCUT2D eigenvalue weighted by Crippen LogP contribution is 2.24. The van der Waals surface area contributed by atoms with Crippen molar-refractivity contribution >= 4 is 0 Å². The minimum absolute atomic E-state index is 0.244. The van der Waals surface area contributed by atoms with Gasteiger partial charge in [0.2, 0.25) is 0 Å². The molecule has 3 aromatic rings. The maximum atomic E-state index is 13.7. The number of benzene rings is 2. The molecule has 0 bridgehead atoms. The van der Waals surface area contributed by atoms with Crippen molar-refractivity contribution in [3.05, 3.63) is 60.7 Å². The van der Waals surface area contributed by atoms with Gasteiger partial charge in [-0.2, -0.15) is 0 Å². The average molecular weight is 240 g/mol. The van der Waals surface area contributed by atoms with Gasteiger partial charge in [-0.05, 0) is 34.2 Å². The molecular formula is C13H9FN4. The monoisotopic (exact) mass is 240 g/mol. The summed E-state index contributed by atoms with van der Waals surface area (Å²) in [6.07, 6.45) is 1.50. The summed E-state index contributed by atoms with van der Waals surface area (Å²) >= 11 is 0. The number of aromatic nitrogens is 4. The van der Waals surface area contributed by atoms with Gasteiger partial charge in [0.25, 0.3) is 0 Å². The third-order valence-corrected chi connectivity index (χ3v) is 2.64. The molecule has 0 N–H and O–H groups in total. The Morgan fingerprint density at radius 1 is 1.00 bits per heavy atom. The zero-order valence-corrected chi connectivity index (χ0v) is 9.36. The molecular weight excluding hydrogens is 231 g/mol. The van der Waals surface area contributed by atoms with E-state index in [2.05, 4.69) is 15.5 Å². The Morgan fingerprint density at radius 3 is 2.67 bits per heavy atom. The second kappa shape index (κ2) is 4.37. The van der Waals surface area contributed by atoms with Crippen molar-refractivity contribution in [3.8, 4) is 16.8 Å². The van der Waals surface area contributed by atoms with Gasteiger partial charge in [0.05, 0.1) is 5.69 Å². The molecule has 2 aromatic carbocycles. The standard InChI is InChI=1S/C13H9FN4/c14-13-7-2-1-6-12(13)10-4-3-5-11(8-10)18-9-15-16-17-18/h1-9H. The van der Waals surface area contributed by atoms with E-state index in [9.17, 15) is 4.39 Å². The van der Waals surface area contributed by atoms with Crippen LogP contribution in [-0.4, -0.2) is 20.2 Å². The topological polar surface area (TPSA) is 43.6 Å². The largest absolute Gasteiger partial charge is 0.206 e. The van der Waals surface area contributed by atoms with Crippen molar-refractivity contribution in [1.29, 1.82) is 0 Å². The number of hydrogen-bond acceptors (Lipinski definition) is 3. The second-order valence-corrected chi connectivity index (χ2v) is 3.78. The van der Waals surface area contributed by atoms with Crippen LogP contribution in [-0.2, 0) is 0 Å². The zero-order chi connectivity index (χ0) is 12.4. The first-order valence-corrected chi connectivity index (χ1v) is 5.43. The lowest BCUT2D eigenvalue weighted by Gasteiger charge is -2.05. The van der Waals surface area contributed by atoms with Gasteiger partial charge in [0.15, 0.2) is 0 Å². The molecule has 0 unspecified atom stereocenters. The van der Waals surface area contributed by atoms with E-state index in [0.717, 1.165) is 11.3 Å². The van der Waals surface area contributed by atoms with Crippen LogP contribution in [0.1, 0.15) is 0 Å². The normalized spacial score (nSPS) is 10.5. The van der Waals surface area contributed by atoms with E-state index in [1.165, 1.54) is 17.1 Å². The molecule has 0 saturated heterocycles. The first-order valence-electron chi connectivity index (χ1n) is 5.43. The van der Waals surface area contributed by atoms with Crippen LogP contribution in [0.5, 0.6) is 0 Å². The van der Waals surface area contributed by atoms with Gasteiger partial charge in [0.1, 0.15) is 12.1 Å². The van der Waals surface area contributed by atoms with Gasteiger partial charge < -0.3 is 0 Å². The fourth-order valence-electron chi connectivity index (χ4n) is 1.79. The molecule has 18 heavy (non-hydrogen) atoms. The predicted octanol–water partition coefficient (Wildman–Crippen LogP) is 2.47. The zero-order valence-electron chi connectivity index (χ0n) is 9.36. The number of tetrazole rings is 1. The van der Waals surface area contributed by atoms with Gasteiger partial charge >= 0.3 is 0 Å². The van der Waals surface area contributed by atoms with Crippen LogP contribution in [0, 0.1) is 5.82 Å². The van der Waals surface area contributed by atoms with Crippen molar-refractivity contribution in [3.63, 3.8) is 0 Å². The lowest BCUT2D eigenvalue weighted by molar-refractivity contribution is 0.631. The van der Waals surface area contributed by atoms with Crippen molar-refractivity contribution in [1.82, 2.24) is 20.2 Å². The highest BCUT2D eigenvalue weighted by molar-refractivity contribution is 5.66. The molecule has 0 fully saturated rings. The lowest BCUT2D eigenvalue weighted by atomic mass is 10.0. The molecule has 88 valence electrons. The quantitative estimate of drug-likeness (QED) is 0.691. The minimum atomic E-state index is -0.244. The highest BCUT2D eigenvalue weighted by Gasteiger charge is 2.05. The molecule has 3 rings (SSSR count). The SMILES string of the molecule is Fc1ccccc1-c1cccc(-n2cnnn2)c1. The first kappa shape index (κ1) is 10.6. The van der Waals surface area contributed by atoms with E-state index >= 15 is 0 Å². The van der Waals surface area contributed by atoms with Crippen molar-refractivity contribution in [2.75, 3.05) is 0 Å². The Labute approximate surface area is 103 Å². The minimum Gasteiger partial charge on any atom is -0.206 e. The summed E-state index contributed by atoms with van der Waals surface area (Å²) in [7, 11) is 0. The summed E-state index contributed by atoms with van der Waals surface area (Å²) in [6.45, 7) is 0. The molecule has 0 spiro atoms. The Morgan fingerprint density at radius 2 is 1.89 bits per heavy atom. The Kier molecular flexibility index (Phi) is 2.57. The molecule has 0 atom stereocenters. The van der Waals surface area contributed by atoms with E-state index in [-0.39, 0.29) is 5.82 Å². The Hall–Kier alpha value is -2.56. The summed E-state index contributed by atoms with van der Waals surface area (Å²) in [6, 6.07) is 14.1. The van der Waals surface area contributed by atoms with Crippen LogP contribution in [0.4, 0.5) is 4.39 Å². The Balaban J connectivity index is 2.10. The summed E-state index contributed by atoms with van der Waals surface area (Å²) in [5.41, 5.74) is 2.15. The molecule has 1 aromatic heterocycles. The second-order valence-electron chi connectivity index (χ2n) is 3.78. The molecule has 4 nitrogen and oxygen atoms in total. The molecule has 0 saturated carbocycles. The molecule has 0 aliphatic heterocycles. The van der Waals surface area contributed by atoms with Crippen LogP contribution in [0.25, 0.3) is 16.8 Å². The third kappa shape index (κ3) is 1.86. The van der Waals surface area contributed by atoms with Crippen LogP contribution in [0.2, 0.25) is 0 Å². The van der Waals surface area contributed by atoms with Gasteiger partial charge in [-0.1, -0.05) is 30.3 Å². The van der Waals surface area contributed by atoms with Crippen LogP contribution in [0.15, 0.2) is 54.9 Å². The van der Waals surface area contributed by atoms with Crippen molar-refractivity contribution in [2.24, 2.45) is 0 Å². The molecule has 0 amide bonds. The van der Waals surface area contributed by atoms with E-state index in [4.69, 9.17) is 0 Å². The van der Waals surface area contributed by atoms with Gasteiger partial charge in [-0.15, -0.1) is 5.10 Å². The number of nitrogens with zero attached hydrogens (tertiary/aromatic N) is 4. The van der Waals surface area contributed by atoms with Crippen LogP contribution in [0.3, 0.4) is 0 Å². The van der Waals surface area contributed by atoms with E-state index in [0.29, 0.717) is 5.56 Å². The first-order chi connectivity index (χ1) is 8.84. The third-order valence-electron chi connectivity index (χ3n) is 2.64. The van der Waals surface area contributed by atoms with E-state index in [1.807, 2.05) is 30.3 Å². The number of halogens is 1. The smallest absolute Gasteiger partial charge is 0.143 e. The van der Waals surface area contributed by atoms with Gasteiger partial charge in [-0.25, -0.2) is 9.07 Å². The van der Waals surface area contributed by atoms with E-state index < -0.39 is 0 Å². The maximum Gasteiger partial charge on any atom is 0.143 e. The van der Waals surface area contributed by atoms with Gasteiger partial charge in [0, 0.05) is 5.56 Å². The maximum absolute atomic E-state index is 13.7. The number of hydrogen-bond donors (Lipinski definition) is 0. The highest BCUT2D eigenvalue weighted by atomic mass is 19.1. The van der Waals surface area contributed by atoms with Crippen LogP contribution < -0.4 is 0 Å². The molecule has 0 aliphatic rings. The average Bonchev–Trinajstić information content (AvgIpc) is 2.93. The fraction of sp³-hybridized carbons (Fsp3) is 0. The molecule has 5 heteroatoms.